The largest absolute Gasteiger partial charge is 0.611 e. The number of carbonyl (C=O) groups excluding carboxylic acids is 1. The first kappa shape index (κ1) is 18.2. The summed E-state index contributed by atoms with van der Waals surface area (Å²) in [4.78, 5) is 15.5. The molecule has 0 aliphatic carbocycles. The highest BCUT2D eigenvalue weighted by molar-refractivity contribution is 7.91. The minimum absolute atomic E-state index is 0.0168. The fourth-order valence-electron chi connectivity index (χ4n) is 2.31. The second kappa shape index (κ2) is 9.23. The molecule has 2 atom stereocenters. The first-order valence-electron chi connectivity index (χ1n) is 7.78. The molecule has 1 aromatic carbocycles. The van der Waals surface area contributed by atoms with E-state index in [2.05, 4.69) is 18.7 Å². The number of benzene rings is 1. The normalized spacial score (nSPS) is 14.2. The van der Waals surface area contributed by atoms with Crippen LogP contribution in [-0.2, 0) is 11.2 Å². The van der Waals surface area contributed by atoms with Crippen molar-refractivity contribution < 1.29 is 9.35 Å². The van der Waals surface area contributed by atoms with Gasteiger partial charge in [0.1, 0.15) is 5.75 Å². The summed E-state index contributed by atoms with van der Waals surface area (Å²) in [5.41, 5.74) is 0.715. The van der Waals surface area contributed by atoms with Crippen LogP contribution >= 0.6 is 0 Å². The standard InChI is InChI=1S/C17H27NO2S/c1-5-12-21(20)16-10-8-15(9-11-16)17(19)14(4)13-18(6-2)7-3/h8-11,14H,5-7,12-13H2,1-4H3. The summed E-state index contributed by atoms with van der Waals surface area (Å²) in [5, 5.41) is 0. The van der Waals surface area contributed by atoms with Gasteiger partial charge in [0.05, 0.1) is 0 Å². The lowest BCUT2D eigenvalue weighted by molar-refractivity contribution is 0.0898. The van der Waals surface area contributed by atoms with Crippen LogP contribution in [0.3, 0.4) is 0 Å². The maximum absolute atomic E-state index is 12.4. The van der Waals surface area contributed by atoms with Crippen LogP contribution in [0.1, 0.15) is 44.5 Å². The fraction of sp³-hybridized carbons (Fsp3) is 0.588. The summed E-state index contributed by atoms with van der Waals surface area (Å²) in [6, 6.07) is 7.26. The van der Waals surface area contributed by atoms with Crippen LogP contribution in [0.2, 0.25) is 0 Å². The molecule has 0 bridgehead atoms. The van der Waals surface area contributed by atoms with Crippen LogP contribution in [0.25, 0.3) is 0 Å². The highest BCUT2D eigenvalue weighted by Crippen LogP contribution is 2.16. The number of carbonyl (C=O) groups is 1. The third kappa shape index (κ3) is 5.46. The third-order valence-electron chi connectivity index (χ3n) is 3.67. The highest BCUT2D eigenvalue weighted by atomic mass is 32.2. The van der Waals surface area contributed by atoms with E-state index in [-0.39, 0.29) is 11.7 Å². The molecule has 21 heavy (non-hydrogen) atoms. The highest BCUT2D eigenvalue weighted by Gasteiger charge is 2.18. The van der Waals surface area contributed by atoms with E-state index < -0.39 is 11.2 Å². The number of ketones is 1. The lowest BCUT2D eigenvalue weighted by Crippen LogP contribution is -2.31. The molecule has 1 aromatic rings. The number of rotatable bonds is 9. The molecule has 0 heterocycles. The second-order valence-corrected chi connectivity index (χ2v) is 6.90. The summed E-state index contributed by atoms with van der Waals surface area (Å²) in [6.07, 6.45) is 0.897. The van der Waals surface area contributed by atoms with Crippen molar-refractivity contribution in [3.63, 3.8) is 0 Å². The van der Waals surface area contributed by atoms with E-state index in [1.54, 1.807) is 0 Å². The zero-order valence-corrected chi connectivity index (χ0v) is 14.4. The first-order valence-corrected chi connectivity index (χ1v) is 9.10. The molecule has 4 heteroatoms. The van der Waals surface area contributed by atoms with Crippen LogP contribution in [0.15, 0.2) is 29.2 Å². The number of hydrogen-bond donors (Lipinski definition) is 0. The van der Waals surface area contributed by atoms with Crippen LogP contribution in [-0.4, -0.2) is 40.6 Å². The molecule has 0 amide bonds. The van der Waals surface area contributed by atoms with E-state index in [0.29, 0.717) is 11.3 Å². The van der Waals surface area contributed by atoms with Crippen molar-refractivity contribution in [3.8, 4) is 0 Å². The summed E-state index contributed by atoms with van der Waals surface area (Å²) in [5.74, 6) is 0.817. The molecule has 0 aliphatic heterocycles. The molecule has 3 nitrogen and oxygen atoms in total. The van der Waals surface area contributed by atoms with Crippen molar-refractivity contribution >= 4 is 17.0 Å². The molecule has 0 saturated heterocycles. The Morgan fingerprint density at radius 3 is 2.24 bits per heavy atom. The van der Waals surface area contributed by atoms with Crippen LogP contribution < -0.4 is 0 Å². The molecule has 0 spiro atoms. The minimum atomic E-state index is -0.947. The Morgan fingerprint density at radius 2 is 1.76 bits per heavy atom. The molecule has 0 fully saturated rings. The van der Waals surface area contributed by atoms with E-state index in [1.165, 1.54) is 0 Å². The van der Waals surface area contributed by atoms with Gasteiger partial charge in [0.2, 0.25) is 0 Å². The third-order valence-corrected chi connectivity index (χ3v) is 5.24. The van der Waals surface area contributed by atoms with Gasteiger partial charge in [0.15, 0.2) is 10.7 Å². The first-order chi connectivity index (χ1) is 10.0. The monoisotopic (exact) mass is 309 g/mol. The second-order valence-electron chi connectivity index (χ2n) is 5.33. The summed E-state index contributed by atoms with van der Waals surface area (Å²) < 4.78 is 11.9. The summed E-state index contributed by atoms with van der Waals surface area (Å²) >= 11 is -0.947. The SMILES string of the molecule is CCC[S+]([O-])c1ccc(C(=O)C(C)CN(CC)CC)cc1. The van der Waals surface area contributed by atoms with E-state index in [4.69, 9.17) is 0 Å². The summed E-state index contributed by atoms with van der Waals surface area (Å²) in [6.45, 7) is 10.9. The molecule has 0 aromatic heterocycles. The van der Waals surface area contributed by atoms with Crippen LogP contribution in [0.5, 0.6) is 0 Å². The predicted octanol–water partition coefficient (Wildman–Crippen LogP) is 3.36. The molecule has 2 unspecified atom stereocenters. The Balaban J connectivity index is 2.70. The topological polar surface area (TPSA) is 43.4 Å². The van der Waals surface area contributed by atoms with Crippen LogP contribution in [0.4, 0.5) is 0 Å². The Morgan fingerprint density at radius 1 is 1.19 bits per heavy atom. The Labute approximate surface area is 131 Å². The van der Waals surface area contributed by atoms with Gasteiger partial charge in [-0.3, -0.25) is 4.79 Å². The Bertz CT molecular complexity index is 429. The van der Waals surface area contributed by atoms with Gasteiger partial charge in [-0.05, 0) is 55.0 Å². The van der Waals surface area contributed by atoms with Crippen molar-refractivity contribution in [2.24, 2.45) is 5.92 Å². The smallest absolute Gasteiger partial charge is 0.166 e. The molecule has 0 saturated carbocycles. The molecular weight excluding hydrogens is 282 g/mol. The lowest BCUT2D eigenvalue weighted by Gasteiger charge is -2.22. The maximum atomic E-state index is 12.4. The summed E-state index contributed by atoms with van der Waals surface area (Å²) in [7, 11) is 0. The maximum Gasteiger partial charge on any atom is 0.166 e. The van der Waals surface area contributed by atoms with Crippen molar-refractivity contribution in [3.05, 3.63) is 29.8 Å². The Hall–Kier alpha value is -0.840. The fourth-order valence-corrected chi connectivity index (χ4v) is 3.36. The van der Waals surface area contributed by atoms with Crippen molar-refractivity contribution in [2.75, 3.05) is 25.4 Å². The molecule has 118 valence electrons. The van der Waals surface area contributed by atoms with Crippen molar-refractivity contribution in [2.45, 2.75) is 39.0 Å². The quantitative estimate of drug-likeness (QED) is 0.519. The van der Waals surface area contributed by atoms with Gasteiger partial charge in [-0.15, -0.1) is 0 Å². The van der Waals surface area contributed by atoms with E-state index in [1.807, 2.05) is 38.1 Å². The predicted molar refractivity (Wildman–Crippen MR) is 89.3 cm³/mol. The van der Waals surface area contributed by atoms with Crippen LogP contribution in [0, 0.1) is 5.92 Å². The molecule has 0 N–H and O–H groups in total. The Kier molecular flexibility index (Phi) is 8.01. The number of nitrogens with zero attached hydrogens (tertiary/aromatic N) is 1. The number of Topliss-reactive ketones (excluding diaryl/α,β-unsaturated/α-hetero) is 1. The molecule has 0 radical (unpaired) electrons. The van der Waals surface area contributed by atoms with Crippen molar-refractivity contribution in [1.29, 1.82) is 0 Å². The number of hydrogen-bond acceptors (Lipinski definition) is 3. The average molecular weight is 309 g/mol. The lowest BCUT2D eigenvalue weighted by atomic mass is 9.99. The average Bonchev–Trinajstić information content (AvgIpc) is 2.52. The van der Waals surface area contributed by atoms with Gasteiger partial charge in [-0.1, -0.05) is 27.7 Å². The van der Waals surface area contributed by atoms with Gasteiger partial charge in [0, 0.05) is 18.0 Å². The zero-order valence-electron chi connectivity index (χ0n) is 13.6. The van der Waals surface area contributed by atoms with Gasteiger partial charge < -0.3 is 9.45 Å². The van der Waals surface area contributed by atoms with Gasteiger partial charge in [0.25, 0.3) is 0 Å². The molecule has 0 aliphatic rings. The molecule has 1 rings (SSSR count). The minimum Gasteiger partial charge on any atom is -0.611 e. The van der Waals surface area contributed by atoms with Gasteiger partial charge in [-0.25, -0.2) is 0 Å². The van der Waals surface area contributed by atoms with E-state index >= 15 is 0 Å². The van der Waals surface area contributed by atoms with E-state index in [0.717, 1.165) is 31.0 Å². The van der Waals surface area contributed by atoms with Gasteiger partial charge in [-0.2, -0.15) is 0 Å². The van der Waals surface area contributed by atoms with Crippen molar-refractivity contribution in [1.82, 2.24) is 4.90 Å². The molecular formula is C17H27NO2S. The van der Waals surface area contributed by atoms with E-state index in [9.17, 15) is 9.35 Å². The van der Waals surface area contributed by atoms with Gasteiger partial charge >= 0.3 is 0 Å². The zero-order chi connectivity index (χ0) is 15.8.